The van der Waals surface area contributed by atoms with E-state index in [9.17, 15) is 9.59 Å². The first-order valence-electron chi connectivity index (χ1n) is 8.12. The fourth-order valence-corrected chi connectivity index (χ4v) is 2.38. The molecule has 4 N–H and O–H groups in total. The predicted molar refractivity (Wildman–Crippen MR) is 94.7 cm³/mol. The maximum atomic E-state index is 12.1. The van der Waals surface area contributed by atoms with Crippen LogP contribution in [0.1, 0.15) is 33.3 Å². The zero-order valence-electron chi connectivity index (χ0n) is 15.2. The van der Waals surface area contributed by atoms with Gasteiger partial charge >= 0.3 is 0 Å². The van der Waals surface area contributed by atoms with Gasteiger partial charge in [-0.3, -0.25) is 9.59 Å². The van der Waals surface area contributed by atoms with Crippen molar-refractivity contribution in [3.63, 3.8) is 0 Å². The predicted octanol–water partition coefficient (Wildman–Crippen LogP) is 1.23. The summed E-state index contributed by atoms with van der Waals surface area (Å²) in [7, 11) is 1.62. The summed E-state index contributed by atoms with van der Waals surface area (Å²) in [5.41, 5.74) is 6.28. The van der Waals surface area contributed by atoms with Crippen LogP contribution in [0.15, 0.2) is 24.3 Å². The average Bonchev–Trinajstić information content (AvgIpc) is 2.51. The Morgan fingerprint density at radius 3 is 2.46 bits per heavy atom. The molecule has 0 aromatic heterocycles. The summed E-state index contributed by atoms with van der Waals surface area (Å²) in [6, 6.07) is 7.08. The number of amides is 2. The summed E-state index contributed by atoms with van der Waals surface area (Å²) in [5, 5.41) is 5.50. The summed E-state index contributed by atoms with van der Waals surface area (Å²) < 4.78 is 5.34. The number of ether oxygens (including phenoxy) is 1. The van der Waals surface area contributed by atoms with Crippen LogP contribution in [0, 0.1) is 5.92 Å². The molecule has 0 aliphatic heterocycles. The Labute approximate surface area is 144 Å². The third-order valence-corrected chi connectivity index (χ3v) is 3.75. The lowest BCUT2D eigenvalue weighted by Crippen LogP contribution is -2.51. The van der Waals surface area contributed by atoms with E-state index in [1.54, 1.807) is 7.11 Å². The van der Waals surface area contributed by atoms with Crippen LogP contribution in [0.5, 0.6) is 5.75 Å². The molecule has 0 fully saturated rings. The van der Waals surface area contributed by atoms with Crippen LogP contribution in [0.25, 0.3) is 0 Å². The highest BCUT2D eigenvalue weighted by Gasteiger charge is 2.23. The van der Waals surface area contributed by atoms with Crippen LogP contribution in [-0.4, -0.2) is 37.0 Å². The van der Waals surface area contributed by atoms with Gasteiger partial charge in [0.2, 0.25) is 11.8 Å². The fourth-order valence-electron chi connectivity index (χ4n) is 2.38. The van der Waals surface area contributed by atoms with Gasteiger partial charge in [0.25, 0.3) is 0 Å². The zero-order valence-corrected chi connectivity index (χ0v) is 15.2. The van der Waals surface area contributed by atoms with Crippen molar-refractivity contribution < 1.29 is 14.3 Å². The minimum absolute atomic E-state index is 0.0232. The number of benzene rings is 1. The number of methoxy groups -OCH3 is 1. The molecule has 0 bridgehead atoms. The van der Waals surface area contributed by atoms with Crippen molar-refractivity contribution in [3.8, 4) is 5.75 Å². The normalized spacial score (nSPS) is 12.6. The molecule has 0 saturated heterocycles. The first kappa shape index (κ1) is 20.0. The Morgan fingerprint density at radius 2 is 1.88 bits per heavy atom. The molecule has 0 unspecified atom stereocenters. The van der Waals surface area contributed by atoms with Gasteiger partial charge in [0.15, 0.2) is 0 Å². The van der Waals surface area contributed by atoms with Crippen molar-refractivity contribution in [3.05, 3.63) is 29.8 Å². The van der Waals surface area contributed by atoms with Gasteiger partial charge in [-0.25, -0.2) is 0 Å². The van der Waals surface area contributed by atoms with Gasteiger partial charge in [-0.05, 0) is 37.8 Å². The largest absolute Gasteiger partial charge is 0.496 e. The number of nitrogens with two attached hydrogens (primary N) is 1. The fraction of sp³-hybridized carbons (Fsp3) is 0.556. The van der Waals surface area contributed by atoms with Crippen molar-refractivity contribution in [2.24, 2.45) is 11.7 Å². The van der Waals surface area contributed by atoms with Gasteiger partial charge in [0.05, 0.1) is 19.7 Å². The van der Waals surface area contributed by atoms with E-state index in [2.05, 4.69) is 10.6 Å². The summed E-state index contributed by atoms with van der Waals surface area (Å²) in [4.78, 5) is 23.9. The van der Waals surface area contributed by atoms with Crippen LogP contribution in [-0.2, 0) is 16.0 Å². The van der Waals surface area contributed by atoms with Crippen LogP contribution in [0.3, 0.4) is 0 Å². The second kappa shape index (κ2) is 8.68. The lowest BCUT2D eigenvalue weighted by atomic mass is 9.94. The highest BCUT2D eigenvalue weighted by atomic mass is 16.5. The monoisotopic (exact) mass is 335 g/mol. The van der Waals surface area contributed by atoms with Gasteiger partial charge in [-0.1, -0.05) is 32.0 Å². The van der Waals surface area contributed by atoms with Crippen molar-refractivity contribution in [2.45, 2.75) is 45.7 Å². The highest BCUT2D eigenvalue weighted by molar-refractivity contribution is 5.87. The van der Waals surface area contributed by atoms with Gasteiger partial charge in [0.1, 0.15) is 5.75 Å². The van der Waals surface area contributed by atoms with Crippen molar-refractivity contribution in [1.29, 1.82) is 0 Å². The standard InChI is InChI=1S/C18H29N3O3/c1-12(2)16(19)17(23)20-11-15(22)21-18(3,4)10-13-8-6-7-9-14(13)24-5/h6-9,12,16H,10-11,19H2,1-5H3,(H,20,23)(H,21,22)/t16-/m0/s1. The van der Waals surface area contributed by atoms with E-state index >= 15 is 0 Å². The first-order valence-corrected chi connectivity index (χ1v) is 8.12. The van der Waals surface area contributed by atoms with Crippen molar-refractivity contribution in [2.75, 3.05) is 13.7 Å². The molecule has 134 valence electrons. The van der Waals surface area contributed by atoms with Crippen LogP contribution in [0.4, 0.5) is 0 Å². The van der Waals surface area contributed by atoms with Crippen LogP contribution >= 0.6 is 0 Å². The minimum Gasteiger partial charge on any atom is -0.496 e. The quantitative estimate of drug-likeness (QED) is 0.666. The zero-order chi connectivity index (χ0) is 18.3. The molecule has 0 spiro atoms. The molecule has 0 aliphatic rings. The Morgan fingerprint density at radius 1 is 1.25 bits per heavy atom. The van der Waals surface area contributed by atoms with E-state index in [0.717, 1.165) is 11.3 Å². The summed E-state index contributed by atoms with van der Waals surface area (Å²) in [5.74, 6) is 0.243. The summed E-state index contributed by atoms with van der Waals surface area (Å²) in [6.45, 7) is 7.49. The molecule has 6 heteroatoms. The van der Waals surface area contributed by atoms with E-state index in [-0.39, 0.29) is 24.3 Å². The summed E-state index contributed by atoms with van der Waals surface area (Å²) in [6.07, 6.45) is 0.613. The maximum absolute atomic E-state index is 12.1. The number of hydrogen-bond donors (Lipinski definition) is 3. The smallest absolute Gasteiger partial charge is 0.239 e. The second-order valence-corrected chi connectivity index (χ2v) is 6.91. The second-order valence-electron chi connectivity index (χ2n) is 6.91. The number of rotatable bonds is 8. The van der Waals surface area contributed by atoms with Gasteiger partial charge in [-0.15, -0.1) is 0 Å². The first-order chi connectivity index (χ1) is 11.2. The number of nitrogens with one attached hydrogen (secondary N) is 2. The van der Waals surface area contributed by atoms with E-state index < -0.39 is 11.6 Å². The molecular weight excluding hydrogens is 306 g/mol. The molecule has 1 aromatic carbocycles. The van der Waals surface area contributed by atoms with Crippen LogP contribution in [0.2, 0.25) is 0 Å². The van der Waals surface area contributed by atoms with E-state index in [4.69, 9.17) is 10.5 Å². The molecule has 0 aliphatic carbocycles. The number of carbonyl (C=O) groups is 2. The lowest BCUT2D eigenvalue weighted by molar-refractivity contribution is -0.128. The Balaban J connectivity index is 2.57. The Bertz CT molecular complexity index is 570. The average molecular weight is 335 g/mol. The minimum atomic E-state index is -0.612. The van der Waals surface area contributed by atoms with E-state index in [0.29, 0.717) is 6.42 Å². The Kier molecular flexibility index (Phi) is 7.22. The number of para-hydroxylation sites is 1. The molecule has 6 nitrogen and oxygen atoms in total. The lowest BCUT2D eigenvalue weighted by Gasteiger charge is -2.27. The van der Waals surface area contributed by atoms with E-state index in [1.165, 1.54) is 0 Å². The summed E-state index contributed by atoms with van der Waals surface area (Å²) >= 11 is 0. The third kappa shape index (κ3) is 6.20. The molecule has 1 atom stereocenters. The highest BCUT2D eigenvalue weighted by Crippen LogP contribution is 2.22. The topological polar surface area (TPSA) is 93.5 Å². The molecule has 2 amide bonds. The SMILES string of the molecule is COc1ccccc1CC(C)(C)NC(=O)CNC(=O)[C@@H](N)C(C)C. The molecule has 24 heavy (non-hydrogen) atoms. The van der Waals surface area contributed by atoms with Crippen LogP contribution < -0.4 is 21.1 Å². The van der Waals surface area contributed by atoms with Crippen molar-refractivity contribution >= 4 is 11.8 Å². The van der Waals surface area contributed by atoms with Gasteiger partial charge < -0.3 is 21.1 Å². The molecule has 0 heterocycles. The molecule has 1 aromatic rings. The molecule has 0 radical (unpaired) electrons. The van der Waals surface area contributed by atoms with Gasteiger partial charge in [-0.2, -0.15) is 0 Å². The molecular formula is C18H29N3O3. The Hall–Kier alpha value is -2.08. The van der Waals surface area contributed by atoms with Crippen molar-refractivity contribution in [1.82, 2.24) is 10.6 Å². The maximum Gasteiger partial charge on any atom is 0.239 e. The number of carbonyl (C=O) groups excluding carboxylic acids is 2. The van der Waals surface area contributed by atoms with Gasteiger partial charge in [0, 0.05) is 5.54 Å². The third-order valence-electron chi connectivity index (χ3n) is 3.75. The molecule has 0 saturated carbocycles. The van der Waals surface area contributed by atoms with E-state index in [1.807, 2.05) is 52.0 Å². The number of hydrogen-bond acceptors (Lipinski definition) is 4. The molecule has 1 rings (SSSR count).